The van der Waals surface area contributed by atoms with Gasteiger partial charge in [0.1, 0.15) is 5.82 Å². The van der Waals surface area contributed by atoms with E-state index >= 15 is 0 Å². The van der Waals surface area contributed by atoms with Gasteiger partial charge in [-0.25, -0.2) is 0 Å². The first-order valence-corrected chi connectivity index (χ1v) is 5.92. The van der Waals surface area contributed by atoms with Crippen LogP contribution in [0.5, 0.6) is 0 Å². The standard InChI is InChI=1S/C11H16N6/c1-17(6-7-3-2-4-7)10-8-5-13-16-9(8)14-11(12)15-10/h5,7H,2-4,6H2,1H3,(H3,12,13,14,15,16). The third kappa shape index (κ3) is 1.79. The quantitative estimate of drug-likeness (QED) is 0.830. The Morgan fingerprint density at radius 3 is 3.00 bits per heavy atom. The molecule has 0 aromatic carbocycles. The zero-order chi connectivity index (χ0) is 11.8. The minimum atomic E-state index is 0.289. The number of aromatic nitrogens is 4. The van der Waals surface area contributed by atoms with E-state index in [1.807, 2.05) is 7.05 Å². The Morgan fingerprint density at radius 2 is 2.29 bits per heavy atom. The number of anilines is 2. The van der Waals surface area contributed by atoms with Gasteiger partial charge < -0.3 is 10.6 Å². The summed E-state index contributed by atoms with van der Waals surface area (Å²) in [4.78, 5) is 10.6. The smallest absolute Gasteiger partial charge is 0.224 e. The van der Waals surface area contributed by atoms with Crippen molar-refractivity contribution in [3.63, 3.8) is 0 Å². The molecule has 2 aromatic rings. The largest absolute Gasteiger partial charge is 0.368 e. The van der Waals surface area contributed by atoms with E-state index in [1.165, 1.54) is 19.3 Å². The predicted molar refractivity (Wildman–Crippen MR) is 66.7 cm³/mol. The fourth-order valence-corrected chi connectivity index (χ4v) is 2.28. The summed E-state index contributed by atoms with van der Waals surface area (Å²) in [5.41, 5.74) is 6.40. The van der Waals surface area contributed by atoms with Crippen molar-refractivity contribution in [2.45, 2.75) is 19.3 Å². The lowest BCUT2D eigenvalue weighted by atomic mass is 9.85. The molecule has 0 bridgehead atoms. The van der Waals surface area contributed by atoms with Crippen LogP contribution in [-0.2, 0) is 0 Å². The molecule has 0 unspecified atom stereocenters. The van der Waals surface area contributed by atoms with E-state index in [4.69, 9.17) is 5.73 Å². The van der Waals surface area contributed by atoms with Crippen LogP contribution in [0.15, 0.2) is 6.20 Å². The highest BCUT2D eigenvalue weighted by Crippen LogP contribution is 2.29. The van der Waals surface area contributed by atoms with E-state index in [1.54, 1.807) is 6.20 Å². The second-order valence-electron chi connectivity index (χ2n) is 4.72. The van der Waals surface area contributed by atoms with Crippen molar-refractivity contribution < 1.29 is 0 Å². The number of aromatic amines is 1. The maximum atomic E-state index is 5.70. The molecule has 1 saturated carbocycles. The molecule has 0 spiro atoms. The Morgan fingerprint density at radius 1 is 1.47 bits per heavy atom. The van der Waals surface area contributed by atoms with Gasteiger partial charge in [0, 0.05) is 13.6 Å². The number of fused-ring (bicyclic) bond motifs is 1. The maximum Gasteiger partial charge on any atom is 0.224 e. The summed E-state index contributed by atoms with van der Waals surface area (Å²) in [7, 11) is 2.05. The molecule has 6 nitrogen and oxygen atoms in total. The van der Waals surface area contributed by atoms with Crippen LogP contribution in [0.1, 0.15) is 19.3 Å². The van der Waals surface area contributed by atoms with E-state index in [9.17, 15) is 0 Å². The van der Waals surface area contributed by atoms with Crippen LogP contribution in [0, 0.1) is 5.92 Å². The van der Waals surface area contributed by atoms with Crippen LogP contribution in [0.25, 0.3) is 11.0 Å². The highest BCUT2D eigenvalue weighted by atomic mass is 15.2. The Kier molecular flexibility index (Phi) is 2.35. The van der Waals surface area contributed by atoms with Gasteiger partial charge in [-0.15, -0.1) is 0 Å². The fourth-order valence-electron chi connectivity index (χ4n) is 2.28. The number of rotatable bonds is 3. The molecule has 6 heteroatoms. The highest BCUT2D eigenvalue weighted by molar-refractivity contribution is 5.87. The molecular weight excluding hydrogens is 216 g/mol. The summed E-state index contributed by atoms with van der Waals surface area (Å²) in [5.74, 6) is 1.95. The summed E-state index contributed by atoms with van der Waals surface area (Å²) in [6, 6.07) is 0. The van der Waals surface area contributed by atoms with Crippen LogP contribution in [-0.4, -0.2) is 33.8 Å². The van der Waals surface area contributed by atoms with Crippen molar-refractivity contribution in [2.24, 2.45) is 5.92 Å². The number of hydrogen-bond acceptors (Lipinski definition) is 5. The molecule has 0 amide bonds. The van der Waals surface area contributed by atoms with Crippen LogP contribution >= 0.6 is 0 Å². The zero-order valence-corrected chi connectivity index (χ0v) is 9.85. The minimum Gasteiger partial charge on any atom is -0.368 e. The molecular formula is C11H16N6. The number of nitrogens with one attached hydrogen (secondary N) is 1. The lowest BCUT2D eigenvalue weighted by Crippen LogP contribution is -2.30. The predicted octanol–water partition coefficient (Wildman–Crippen LogP) is 1.17. The zero-order valence-electron chi connectivity index (χ0n) is 9.85. The molecule has 3 N–H and O–H groups in total. The molecule has 2 heterocycles. The molecule has 0 aliphatic heterocycles. The number of hydrogen-bond donors (Lipinski definition) is 2. The van der Waals surface area contributed by atoms with Gasteiger partial charge in [-0.05, 0) is 18.8 Å². The summed E-state index contributed by atoms with van der Waals surface area (Å²) in [6.45, 7) is 1.02. The average Bonchev–Trinajstić information content (AvgIpc) is 2.69. The lowest BCUT2D eigenvalue weighted by molar-refractivity contribution is 0.321. The first kappa shape index (κ1) is 10.3. The van der Waals surface area contributed by atoms with Gasteiger partial charge in [0.15, 0.2) is 5.65 Å². The van der Waals surface area contributed by atoms with Crippen molar-refractivity contribution in [1.82, 2.24) is 20.2 Å². The topological polar surface area (TPSA) is 83.7 Å². The summed E-state index contributed by atoms with van der Waals surface area (Å²) >= 11 is 0. The molecule has 1 aliphatic carbocycles. The number of nitrogens with two attached hydrogens (primary N) is 1. The first-order chi connectivity index (χ1) is 8.24. The van der Waals surface area contributed by atoms with E-state index in [0.717, 1.165) is 23.7 Å². The first-order valence-electron chi connectivity index (χ1n) is 5.92. The highest BCUT2D eigenvalue weighted by Gasteiger charge is 2.21. The molecule has 90 valence electrons. The molecule has 0 saturated heterocycles. The fraction of sp³-hybridized carbons (Fsp3) is 0.545. The molecule has 2 aromatic heterocycles. The van der Waals surface area contributed by atoms with Crippen LogP contribution in [0.3, 0.4) is 0 Å². The van der Waals surface area contributed by atoms with Crippen molar-refractivity contribution in [3.8, 4) is 0 Å². The summed E-state index contributed by atoms with van der Waals surface area (Å²) in [5, 5.41) is 7.75. The second-order valence-corrected chi connectivity index (χ2v) is 4.72. The number of H-pyrrole nitrogens is 1. The van der Waals surface area contributed by atoms with E-state index in [2.05, 4.69) is 25.1 Å². The molecule has 17 heavy (non-hydrogen) atoms. The van der Waals surface area contributed by atoms with E-state index in [-0.39, 0.29) is 5.95 Å². The third-order valence-electron chi connectivity index (χ3n) is 3.43. The van der Waals surface area contributed by atoms with Gasteiger partial charge in [-0.1, -0.05) is 6.42 Å². The summed E-state index contributed by atoms with van der Waals surface area (Å²) < 4.78 is 0. The van der Waals surface area contributed by atoms with Crippen LogP contribution in [0.4, 0.5) is 11.8 Å². The molecule has 0 atom stereocenters. The normalized spacial score (nSPS) is 16.1. The van der Waals surface area contributed by atoms with Gasteiger partial charge in [0.05, 0.1) is 11.6 Å². The van der Waals surface area contributed by atoms with Crippen molar-refractivity contribution in [2.75, 3.05) is 24.2 Å². The minimum absolute atomic E-state index is 0.289. The van der Waals surface area contributed by atoms with Crippen molar-refractivity contribution in [3.05, 3.63) is 6.20 Å². The Labute approximate surface area is 99.2 Å². The van der Waals surface area contributed by atoms with Gasteiger partial charge in [0.25, 0.3) is 0 Å². The van der Waals surface area contributed by atoms with Crippen LogP contribution in [0.2, 0.25) is 0 Å². The molecule has 0 radical (unpaired) electrons. The Balaban J connectivity index is 1.94. The monoisotopic (exact) mass is 232 g/mol. The SMILES string of the molecule is CN(CC1CCC1)c1nc(N)nc2[nH]ncc12. The van der Waals surface area contributed by atoms with Crippen molar-refractivity contribution >= 4 is 22.8 Å². The van der Waals surface area contributed by atoms with Gasteiger partial charge >= 0.3 is 0 Å². The Hall–Kier alpha value is -1.85. The average molecular weight is 232 g/mol. The maximum absolute atomic E-state index is 5.70. The van der Waals surface area contributed by atoms with E-state index in [0.29, 0.717) is 5.65 Å². The number of nitrogen functional groups attached to an aromatic ring is 1. The van der Waals surface area contributed by atoms with Gasteiger partial charge in [0.2, 0.25) is 5.95 Å². The molecule has 1 aliphatic rings. The van der Waals surface area contributed by atoms with E-state index < -0.39 is 0 Å². The van der Waals surface area contributed by atoms with Crippen LogP contribution < -0.4 is 10.6 Å². The van der Waals surface area contributed by atoms with Gasteiger partial charge in [-0.2, -0.15) is 15.1 Å². The Bertz CT molecular complexity index is 530. The third-order valence-corrected chi connectivity index (χ3v) is 3.43. The number of nitrogens with zero attached hydrogens (tertiary/aromatic N) is 4. The second kappa shape index (κ2) is 3.87. The van der Waals surface area contributed by atoms with Crippen molar-refractivity contribution in [1.29, 1.82) is 0 Å². The molecule has 3 rings (SSSR count). The van der Waals surface area contributed by atoms with Gasteiger partial charge in [-0.3, -0.25) is 5.10 Å². The molecule has 1 fully saturated rings. The summed E-state index contributed by atoms with van der Waals surface area (Å²) in [6.07, 6.45) is 5.74. The lowest BCUT2D eigenvalue weighted by Gasteiger charge is -2.30.